The van der Waals surface area contributed by atoms with Crippen molar-refractivity contribution in [1.82, 2.24) is 10.3 Å². The standard InChI is InChI=1S/C15H24N2O/c1-4-15(7-5-6-8-15)14(16-2)12-9-13(18-3)11-17-10-12/h9-11,14,16H,4-8H2,1-3H3. The Kier molecular flexibility index (Phi) is 4.23. The van der Waals surface area contributed by atoms with Crippen molar-refractivity contribution in [3.8, 4) is 5.75 Å². The van der Waals surface area contributed by atoms with Gasteiger partial charge in [0.15, 0.2) is 0 Å². The molecule has 100 valence electrons. The maximum atomic E-state index is 5.29. The molecule has 1 N–H and O–H groups in total. The van der Waals surface area contributed by atoms with Crippen LogP contribution in [0.1, 0.15) is 50.6 Å². The van der Waals surface area contributed by atoms with Crippen molar-refractivity contribution in [3.05, 3.63) is 24.0 Å². The maximum absolute atomic E-state index is 5.29. The third-order valence-electron chi connectivity index (χ3n) is 4.51. The average molecular weight is 248 g/mol. The zero-order valence-corrected chi connectivity index (χ0v) is 11.7. The lowest BCUT2D eigenvalue weighted by atomic mass is 9.74. The van der Waals surface area contributed by atoms with Crippen LogP contribution in [-0.4, -0.2) is 19.1 Å². The highest BCUT2D eigenvalue weighted by atomic mass is 16.5. The second kappa shape index (κ2) is 5.70. The number of nitrogens with one attached hydrogen (secondary N) is 1. The monoisotopic (exact) mass is 248 g/mol. The predicted octanol–water partition coefficient (Wildman–Crippen LogP) is 3.32. The highest BCUT2D eigenvalue weighted by Gasteiger charge is 2.39. The number of rotatable bonds is 5. The van der Waals surface area contributed by atoms with E-state index in [1.54, 1.807) is 13.3 Å². The minimum absolute atomic E-state index is 0.382. The van der Waals surface area contributed by atoms with E-state index in [0.717, 1.165) is 5.75 Å². The summed E-state index contributed by atoms with van der Waals surface area (Å²) in [5.74, 6) is 0.844. The van der Waals surface area contributed by atoms with Crippen molar-refractivity contribution >= 4 is 0 Å². The van der Waals surface area contributed by atoms with Crippen molar-refractivity contribution in [2.24, 2.45) is 5.41 Å². The van der Waals surface area contributed by atoms with Crippen LogP contribution in [0.4, 0.5) is 0 Å². The maximum Gasteiger partial charge on any atom is 0.137 e. The number of methoxy groups -OCH3 is 1. The topological polar surface area (TPSA) is 34.2 Å². The molecule has 18 heavy (non-hydrogen) atoms. The second-order valence-electron chi connectivity index (χ2n) is 5.30. The molecule has 1 aromatic rings. The van der Waals surface area contributed by atoms with Crippen LogP contribution in [0.5, 0.6) is 5.75 Å². The minimum Gasteiger partial charge on any atom is -0.495 e. The largest absolute Gasteiger partial charge is 0.495 e. The SMILES string of the molecule is CCC1(C(NC)c2cncc(OC)c2)CCCC1. The van der Waals surface area contributed by atoms with Crippen molar-refractivity contribution in [2.75, 3.05) is 14.2 Å². The molecule has 0 spiro atoms. The van der Waals surface area contributed by atoms with Gasteiger partial charge in [0, 0.05) is 12.2 Å². The highest BCUT2D eigenvalue weighted by molar-refractivity contribution is 5.27. The lowest BCUT2D eigenvalue weighted by molar-refractivity contribution is 0.194. The van der Waals surface area contributed by atoms with Crippen LogP contribution in [-0.2, 0) is 0 Å². The Balaban J connectivity index is 2.31. The number of pyridine rings is 1. The van der Waals surface area contributed by atoms with Crippen LogP contribution in [0, 0.1) is 5.41 Å². The van der Waals surface area contributed by atoms with E-state index in [4.69, 9.17) is 4.74 Å². The van der Waals surface area contributed by atoms with Gasteiger partial charge in [0.2, 0.25) is 0 Å². The summed E-state index contributed by atoms with van der Waals surface area (Å²) in [6, 6.07) is 2.50. The van der Waals surface area contributed by atoms with E-state index < -0.39 is 0 Å². The summed E-state index contributed by atoms with van der Waals surface area (Å²) in [4.78, 5) is 4.30. The molecule has 0 bridgehead atoms. The van der Waals surface area contributed by atoms with Crippen LogP contribution in [0.3, 0.4) is 0 Å². The van der Waals surface area contributed by atoms with Gasteiger partial charge in [0.1, 0.15) is 5.75 Å². The zero-order chi connectivity index (χ0) is 13.0. The Morgan fingerprint density at radius 3 is 2.67 bits per heavy atom. The third kappa shape index (κ3) is 2.37. The first-order chi connectivity index (χ1) is 8.75. The summed E-state index contributed by atoms with van der Waals surface area (Å²) < 4.78 is 5.29. The van der Waals surface area contributed by atoms with Gasteiger partial charge < -0.3 is 10.1 Å². The van der Waals surface area contributed by atoms with Crippen molar-refractivity contribution in [2.45, 2.75) is 45.1 Å². The van der Waals surface area contributed by atoms with Crippen LogP contribution in [0.15, 0.2) is 18.5 Å². The molecule has 1 unspecified atom stereocenters. The highest BCUT2D eigenvalue weighted by Crippen LogP contribution is 2.49. The molecule has 0 saturated heterocycles. The van der Waals surface area contributed by atoms with Gasteiger partial charge in [-0.15, -0.1) is 0 Å². The molecule has 0 aliphatic heterocycles. The first-order valence-corrected chi connectivity index (χ1v) is 6.92. The molecule has 0 radical (unpaired) electrons. The molecule has 3 nitrogen and oxygen atoms in total. The van der Waals surface area contributed by atoms with Gasteiger partial charge in [-0.2, -0.15) is 0 Å². The van der Waals surface area contributed by atoms with E-state index in [9.17, 15) is 0 Å². The molecule has 0 amide bonds. The number of aromatic nitrogens is 1. The number of nitrogens with zero attached hydrogens (tertiary/aromatic N) is 1. The molecular formula is C15H24N2O. The van der Waals surface area contributed by atoms with Gasteiger partial charge in [-0.1, -0.05) is 19.8 Å². The molecule has 0 aromatic carbocycles. The summed E-state index contributed by atoms with van der Waals surface area (Å²) in [6.07, 6.45) is 10.3. The van der Waals surface area contributed by atoms with Crippen LogP contribution < -0.4 is 10.1 Å². The molecule has 3 heteroatoms. The number of hydrogen-bond acceptors (Lipinski definition) is 3. The predicted molar refractivity (Wildman–Crippen MR) is 73.8 cm³/mol. The quantitative estimate of drug-likeness (QED) is 0.868. The Hall–Kier alpha value is -1.09. The van der Waals surface area contributed by atoms with E-state index in [1.807, 2.05) is 6.20 Å². The van der Waals surface area contributed by atoms with Gasteiger partial charge in [0.05, 0.1) is 13.3 Å². The molecule has 1 saturated carbocycles. The molecule has 1 fully saturated rings. The van der Waals surface area contributed by atoms with Gasteiger partial charge in [0.25, 0.3) is 0 Å². The molecule has 1 atom stereocenters. The Morgan fingerprint density at radius 2 is 2.11 bits per heavy atom. The third-order valence-corrected chi connectivity index (χ3v) is 4.51. The second-order valence-corrected chi connectivity index (χ2v) is 5.30. The van der Waals surface area contributed by atoms with Crippen LogP contribution in [0.25, 0.3) is 0 Å². The summed E-state index contributed by atoms with van der Waals surface area (Å²) >= 11 is 0. The van der Waals surface area contributed by atoms with E-state index >= 15 is 0 Å². The summed E-state index contributed by atoms with van der Waals surface area (Å²) in [5.41, 5.74) is 1.64. The first kappa shape index (κ1) is 13.3. The number of ether oxygens (including phenoxy) is 1. The summed E-state index contributed by atoms with van der Waals surface area (Å²) in [7, 11) is 3.75. The Labute approximate surface area is 110 Å². The summed E-state index contributed by atoms with van der Waals surface area (Å²) in [6.45, 7) is 2.31. The normalized spacial score (nSPS) is 19.7. The molecule has 1 heterocycles. The van der Waals surface area contributed by atoms with Gasteiger partial charge in [-0.05, 0) is 43.4 Å². The minimum atomic E-state index is 0.382. The van der Waals surface area contributed by atoms with E-state index in [0.29, 0.717) is 11.5 Å². The zero-order valence-electron chi connectivity index (χ0n) is 11.7. The average Bonchev–Trinajstić information content (AvgIpc) is 2.90. The summed E-state index contributed by atoms with van der Waals surface area (Å²) in [5, 5.41) is 3.51. The van der Waals surface area contributed by atoms with Gasteiger partial charge in [-0.3, -0.25) is 4.98 Å². The van der Waals surface area contributed by atoms with Crippen molar-refractivity contribution < 1.29 is 4.74 Å². The molecular weight excluding hydrogens is 224 g/mol. The molecule has 1 aliphatic carbocycles. The van der Waals surface area contributed by atoms with E-state index in [1.165, 1.54) is 37.7 Å². The Morgan fingerprint density at radius 1 is 1.39 bits per heavy atom. The van der Waals surface area contributed by atoms with Crippen LogP contribution >= 0.6 is 0 Å². The molecule has 2 rings (SSSR count). The van der Waals surface area contributed by atoms with E-state index in [2.05, 4.69) is 30.3 Å². The fourth-order valence-electron chi connectivity index (χ4n) is 3.46. The number of hydrogen-bond donors (Lipinski definition) is 1. The fraction of sp³-hybridized carbons (Fsp3) is 0.667. The van der Waals surface area contributed by atoms with Gasteiger partial charge in [-0.25, -0.2) is 0 Å². The molecule has 1 aliphatic rings. The van der Waals surface area contributed by atoms with E-state index in [-0.39, 0.29) is 0 Å². The van der Waals surface area contributed by atoms with Crippen molar-refractivity contribution in [1.29, 1.82) is 0 Å². The lowest BCUT2D eigenvalue weighted by Gasteiger charge is -2.37. The van der Waals surface area contributed by atoms with Crippen molar-refractivity contribution in [3.63, 3.8) is 0 Å². The Bertz CT molecular complexity index is 386. The lowest BCUT2D eigenvalue weighted by Crippen LogP contribution is -2.34. The van der Waals surface area contributed by atoms with Gasteiger partial charge >= 0.3 is 0 Å². The molecule has 1 aromatic heterocycles. The first-order valence-electron chi connectivity index (χ1n) is 6.92. The van der Waals surface area contributed by atoms with Crippen LogP contribution in [0.2, 0.25) is 0 Å². The fourth-order valence-corrected chi connectivity index (χ4v) is 3.46. The smallest absolute Gasteiger partial charge is 0.137 e.